The van der Waals surface area contributed by atoms with E-state index in [0.29, 0.717) is 34.8 Å². The second-order valence-corrected chi connectivity index (χ2v) is 6.57. The number of aromatic hydroxyl groups is 1. The average molecular weight is 375 g/mol. The van der Waals surface area contributed by atoms with Crippen molar-refractivity contribution in [2.24, 2.45) is 0 Å². The smallest absolute Gasteiger partial charge is 0.407 e. The van der Waals surface area contributed by atoms with Crippen LogP contribution in [-0.2, 0) is 0 Å². The van der Waals surface area contributed by atoms with Gasteiger partial charge < -0.3 is 15.1 Å². The van der Waals surface area contributed by atoms with Crippen LogP contribution in [0, 0.1) is 0 Å². The molecule has 1 amide bonds. The van der Waals surface area contributed by atoms with Crippen LogP contribution in [0.15, 0.2) is 41.3 Å². The molecule has 0 bridgehead atoms. The number of amides is 1. The quantitative estimate of drug-likeness (QED) is 0.717. The summed E-state index contributed by atoms with van der Waals surface area (Å²) in [4.78, 5) is 30.0. The fraction of sp³-hybridized carbons (Fsp3) is 0.235. The summed E-state index contributed by atoms with van der Waals surface area (Å²) in [7, 11) is 0. The lowest BCUT2D eigenvalue weighted by Crippen LogP contribution is -2.31. The van der Waals surface area contributed by atoms with Crippen molar-refractivity contribution in [1.82, 2.24) is 19.0 Å². The number of nitrogens with zero attached hydrogens (tertiary/aromatic N) is 4. The molecule has 2 N–H and O–H groups in total. The van der Waals surface area contributed by atoms with Gasteiger partial charge in [0.1, 0.15) is 5.75 Å². The van der Waals surface area contributed by atoms with Gasteiger partial charge in [0, 0.05) is 30.4 Å². The summed E-state index contributed by atoms with van der Waals surface area (Å²) in [6, 6.07) is 7.64. The van der Waals surface area contributed by atoms with Crippen molar-refractivity contribution < 1.29 is 15.0 Å². The van der Waals surface area contributed by atoms with Gasteiger partial charge in [0.2, 0.25) is 0 Å². The number of fused-ring (bicyclic) bond motifs is 1. The molecular formula is C17H15ClN4O4. The predicted octanol–water partition coefficient (Wildman–Crippen LogP) is 2.47. The summed E-state index contributed by atoms with van der Waals surface area (Å²) in [6.07, 6.45) is 1.09. The molecule has 1 aromatic carbocycles. The first kappa shape index (κ1) is 16.5. The number of phenols is 1. The first-order chi connectivity index (χ1) is 12.5. The fourth-order valence-corrected chi connectivity index (χ4v) is 3.59. The monoisotopic (exact) mass is 374 g/mol. The van der Waals surface area contributed by atoms with E-state index >= 15 is 0 Å². The van der Waals surface area contributed by atoms with Gasteiger partial charge in [0.25, 0.3) is 0 Å². The van der Waals surface area contributed by atoms with Gasteiger partial charge in [-0.1, -0.05) is 11.6 Å². The van der Waals surface area contributed by atoms with E-state index in [1.54, 1.807) is 30.5 Å². The van der Waals surface area contributed by atoms with Crippen LogP contribution >= 0.6 is 11.6 Å². The van der Waals surface area contributed by atoms with Crippen molar-refractivity contribution in [3.05, 3.63) is 52.0 Å². The minimum Gasteiger partial charge on any atom is -0.506 e. The number of hydrogen-bond donors (Lipinski definition) is 2. The second kappa shape index (κ2) is 6.06. The van der Waals surface area contributed by atoms with Gasteiger partial charge in [-0.2, -0.15) is 0 Å². The highest BCUT2D eigenvalue weighted by Crippen LogP contribution is 2.29. The maximum atomic E-state index is 13.2. The van der Waals surface area contributed by atoms with E-state index in [9.17, 15) is 19.8 Å². The number of likely N-dealkylation sites (tertiary alicyclic amines) is 1. The summed E-state index contributed by atoms with van der Waals surface area (Å²) < 4.78 is 2.88. The van der Waals surface area contributed by atoms with E-state index in [2.05, 4.69) is 4.98 Å². The molecular weight excluding hydrogens is 360 g/mol. The molecule has 1 aliphatic heterocycles. The molecule has 8 nitrogen and oxygen atoms in total. The van der Waals surface area contributed by atoms with E-state index in [-0.39, 0.29) is 24.0 Å². The zero-order valence-electron chi connectivity index (χ0n) is 13.5. The molecule has 1 saturated heterocycles. The van der Waals surface area contributed by atoms with Crippen LogP contribution in [0.4, 0.5) is 4.79 Å². The van der Waals surface area contributed by atoms with Gasteiger partial charge in [-0.15, -0.1) is 0 Å². The van der Waals surface area contributed by atoms with Gasteiger partial charge in [0.05, 0.1) is 17.2 Å². The lowest BCUT2D eigenvalue weighted by Gasteiger charge is -2.13. The largest absolute Gasteiger partial charge is 0.506 e. The Balaban J connectivity index is 1.92. The Hall–Kier alpha value is -3.00. The third-order valence-electron chi connectivity index (χ3n) is 4.61. The molecule has 1 aliphatic rings. The summed E-state index contributed by atoms with van der Waals surface area (Å²) in [5, 5.41) is 19.8. The fourth-order valence-electron chi connectivity index (χ4n) is 3.42. The van der Waals surface area contributed by atoms with E-state index in [0.717, 1.165) is 0 Å². The molecule has 2 aromatic heterocycles. The summed E-state index contributed by atoms with van der Waals surface area (Å²) in [5.74, 6) is -0.124. The van der Waals surface area contributed by atoms with Gasteiger partial charge in [-0.3, -0.25) is 9.13 Å². The van der Waals surface area contributed by atoms with Crippen molar-refractivity contribution in [3.8, 4) is 11.4 Å². The van der Waals surface area contributed by atoms with Crippen LogP contribution in [0.25, 0.3) is 16.9 Å². The number of rotatable bonds is 2. The van der Waals surface area contributed by atoms with Crippen LogP contribution in [0.5, 0.6) is 5.75 Å². The number of phenolic OH excluding ortho intramolecular Hbond substituents is 1. The Bertz CT molecular complexity index is 1070. The third kappa shape index (κ3) is 2.50. The molecule has 1 fully saturated rings. The summed E-state index contributed by atoms with van der Waals surface area (Å²) in [5.41, 5.74) is 0.894. The van der Waals surface area contributed by atoms with Crippen molar-refractivity contribution >= 4 is 28.9 Å². The number of pyridine rings is 1. The highest BCUT2D eigenvalue weighted by molar-refractivity contribution is 6.30. The Morgan fingerprint density at radius 1 is 1.31 bits per heavy atom. The normalized spacial score (nSPS) is 17.1. The Kier molecular flexibility index (Phi) is 3.84. The minimum absolute atomic E-state index is 0.124. The zero-order valence-corrected chi connectivity index (χ0v) is 14.3. The molecule has 9 heteroatoms. The Morgan fingerprint density at radius 2 is 2.12 bits per heavy atom. The Labute approximate surface area is 152 Å². The molecule has 3 heterocycles. The predicted molar refractivity (Wildman–Crippen MR) is 95.3 cm³/mol. The maximum absolute atomic E-state index is 13.2. The van der Waals surface area contributed by atoms with Gasteiger partial charge in [-0.05, 0) is 30.7 Å². The number of aromatic nitrogens is 3. The highest BCUT2D eigenvalue weighted by Gasteiger charge is 2.31. The van der Waals surface area contributed by atoms with Crippen molar-refractivity contribution in [2.75, 3.05) is 13.1 Å². The maximum Gasteiger partial charge on any atom is 0.407 e. The molecule has 4 rings (SSSR count). The molecule has 1 atom stereocenters. The lowest BCUT2D eigenvalue weighted by molar-refractivity contribution is 0.154. The zero-order chi connectivity index (χ0) is 18.4. The van der Waals surface area contributed by atoms with E-state index in [1.165, 1.54) is 20.1 Å². The average Bonchev–Trinajstić information content (AvgIpc) is 3.18. The first-order valence-electron chi connectivity index (χ1n) is 8.02. The molecule has 0 radical (unpaired) electrons. The molecule has 0 saturated carbocycles. The van der Waals surface area contributed by atoms with Gasteiger partial charge >= 0.3 is 11.8 Å². The molecule has 134 valence electrons. The topological polar surface area (TPSA) is 101 Å². The lowest BCUT2D eigenvalue weighted by atomic mass is 10.2. The van der Waals surface area contributed by atoms with Crippen LogP contribution in [0.1, 0.15) is 12.5 Å². The second-order valence-electron chi connectivity index (χ2n) is 6.14. The van der Waals surface area contributed by atoms with Crippen LogP contribution in [0.2, 0.25) is 5.02 Å². The summed E-state index contributed by atoms with van der Waals surface area (Å²) in [6.45, 7) is 0.579. The SMILES string of the molecule is O=C(O)N1CC[C@H](n2c(=O)n(-c3ccc(Cl)cc3O)c3cccnc32)C1. The number of carbonyl (C=O) groups is 1. The number of benzene rings is 1. The molecule has 0 aliphatic carbocycles. The van der Waals surface area contributed by atoms with Gasteiger partial charge in [-0.25, -0.2) is 14.6 Å². The first-order valence-corrected chi connectivity index (χ1v) is 8.40. The standard InChI is InChI=1S/C17H15ClN4O4/c18-10-3-4-12(14(23)8-10)22-13-2-1-6-19-15(13)21(16(22)24)11-5-7-20(9-11)17(25)26/h1-4,6,8,11,23H,5,7,9H2,(H,25,26)/t11-/m0/s1. The van der Waals surface area contributed by atoms with Crippen molar-refractivity contribution in [3.63, 3.8) is 0 Å². The van der Waals surface area contributed by atoms with Crippen molar-refractivity contribution in [1.29, 1.82) is 0 Å². The minimum atomic E-state index is -1.01. The van der Waals surface area contributed by atoms with E-state index < -0.39 is 6.09 Å². The van der Waals surface area contributed by atoms with Crippen LogP contribution < -0.4 is 5.69 Å². The van der Waals surface area contributed by atoms with Gasteiger partial charge in [0.15, 0.2) is 5.65 Å². The van der Waals surface area contributed by atoms with E-state index in [4.69, 9.17) is 11.6 Å². The molecule has 26 heavy (non-hydrogen) atoms. The Morgan fingerprint density at radius 3 is 2.81 bits per heavy atom. The van der Waals surface area contributed by atoms with Crippen molar-refractivity contribution in [2.45, 2.75) is 12.5 Å². The number of halogens is 1. The third-order valence-corrected chi connectivity index (χ3v) is 4.85. The summed E-state index contributed by atoms with van der Waals surface area (Å²) >= 11 is 5.89. The molecule has 0 unspecified atom stereocenters. The highest BCUT2D eigenvalue weighted by atomic mass is 35.5. The number of carboxylic acid groups (broad SMARTS) is 1. The number of imidazole rings is 1. The van der Waals surface area contributed by atoms with E-state index in [1.807, 2.05) is 0 Å². The van der Waals surface area contributed by atoms with Crippen LogP contribution in [-0.4, -0.2) is 48.4 Å². The van der Waals surface area contributed by atoms with Crippen LogP contribution in [0.3, 0.4) is 0 Å². The molecule has 0 spiro atoms. The molecule has 3 aromatic rings. The number of hydrogen-bond acceptors (Lipinski definition) is 4.